The molecular formula is C14H18F3NO4S. The van der Waals surface area contributed by atoms with Gasteiger partial charge in [0.2, 0.25) is 10.0 Å². The van der Waals surface area contributed by atoms with Crippen LogP contribution in [0, 0.1) is 6.92 Å². The van der Waals surface area contributed by atoms with E-state index in [0.29, 0.717) is 6.07 Å². The minimum atomic E-state index is -4.55. The number of carboxylic acid groups (broad SMARTS) is 1. The Morgan fingerprint density at radius 2 is 1.83 bits per heavy atom. The van der Waals surface area contributed by atoms with Crippen LogP contribution in [0.5, 0.6) is 0 Å². The van der Waals surface area contributed by atoms with Crippen LogP contribution in [0.1, 0.15) is 37.8 Å². The SMILES string of the molecule is Cc1cc(C(F)(F)F)ccc1S(=O)(=O)NC(C)(C)CCC(=O)O. The second-order valence-corrected chi connectivity index (χ2v) is 7.51. The average Bonchev–Trinajstić information content (AvgIpc) is 2.33. The predicted molar refractivity (Wildman–Crippen MR) is 77.5 cm³/mol. The molecule has 1 aromatic rings. The van der Waals surface area contributed by atoms with E-state index in [1.165, 1.54) is 20.8 Å². The van der Waals surface area contributed by atoms with Crippen molar-refractivity contribution < 1.29 is 31.5 Å². The molecule has 0 spiro atoms. The highest BCUT2D eigenvalue weighted by molar-refractivity contribution is 7.89. The molecule has 0 aliphatic rings. The molecule has 1 aromatic carbocycles. The summed E-state index contributed by atoms with van der Waals surface area (Å²) in [5, 5.41) is 8.66. The van der Waals surface area contributed by atoms with Gasteiger partial charge in [-0.05, 0) is 51.0 Å². The van der Waals surface area contributed by atoms with Gasteiger partial charge in [-0.3, -0.25) is 4.79 Å². The molecule has 0 saturated heterocycles. The molecule has 0 atom stereocenters. The van der Waals surface area contributed by atoms with E-state index in [9.17, 15) is 26.4 Å². The Labute approximate surface area is 132 Å². The van der Waals surface area contributed by atoms with Gasteiger partial charge >= 0.3 is 12.1 Å². The number of rotatable bonds is 6. The van der Waals surface area contributed by atoms with Crippen LogP contribution in [-0.2, 0) is 21.0 Å². The third-order valence-corrected chi connectivity index (χ3v) is 5.02. The number of benzene rings is 1. The summed E-state index contributed by atoms with van der Waals surface area (Å²) in [6.45, 7) is 4.29. The highest BCUT2D eigenvalue weighted by atomic mass is 32.2. The molecule has 0 heterocycles. The summed E-state index contributed by atoms with van der Waals surface area (Å²) in [6, 6.07) is 2.36. The summed E-state index contributed by atoms with van der Waals surface area (Å²) in [5.74, 6) is -1.07. The molecule has 0 amide bonds. The predicted octanol–water partition coefficient (Wildman–Crippen LogP) is 2.94. The first-order valence-corrected chi connectivity index (χ1v) is 8.16. The first kappa shape index (κ1) is 19.4. The molecule has 0 aromatic heterocycles. The molecule has 0 aliphatic carbocycles. The smallest absolute Gasteiger partial charge is 0.416 e. The van der Waals surface area contributed by atoms with Gasteiger partial charge in [-0.15, -0.1) is 0 Å². The molecule has 23 heavy (non-hydrogen) atoms. The Morgan fingerprint density at radius 1 is 1.26 bits per heavy atom. The van der Waals surface area contributed by atoms with Crippen LogP contribution in [0.2, 0.25) is 0 Å². The van der Waals surface area contributed by atoms with Gasteiger partial charge in [0.05, 0.1) is 10.5 Å². The number of nitrogens with one attached hydrogen (secondary N) is 1. The van der Waals surface area contributed by atoms with Crippen molar-refractivity contribution in [2.75, 3.05) is 0 Å². The zero-order chi connectivity index (χ0) is 18.1. The number of alkyl halides is 3. The van der Waals surface area contributed by atoms with Crippen LogP contribution in [0.4, 0.5) is 13.2 Å². The third-order valence-electron chi connectivity index (χ3n) is 3.17. The Bertz CT molecular complexity index is 696. The molecule has 1 rings (SSSR count). The average molecular weight is 353 g/mol. The summed E-state index contributed by atoms with van der Waals surface area (Å²) in [5.41, 5.74) is -2.02. The number of carboxylic acids is 1. The minimum absolute atomic E-state index is 0.0404. The van der Waals surface area contributed by atoms with E-state index >= 15 is 0 Å². The molecule has 130 valence electrons. The van der Waals surface area contributed by atoms with Crippen molar-refractivity contribution in [3.8, 4) is 0 Å². The summed E-state index contributed by atoms with van der Waals surface area (Å²) < 4.78 is 64.9. The lowest BCUT2D eigenvalue weighted by atomic mass is 10.0. The van der Waals surface area contributed by atoms with Crippen molar-refractivity contribution in [2.24, 2.45) is 0 Å². The van der Waals surface area contributed by atoms with Gasteiger partial charge in [0.15, 0.2) is 0 Å². The van der Waals surface area contributed by atoms with Gasteiger partial charge in [-0.2, -0.15) is 13.2 Å². The maximum absolute atomic E-state index is 12.6. The van der Waals surface area contributed by atoms with Crippen LogP contribution in [0.15, 0.2) is 23.1 Å². The normalized spacial score (nSPS) is 13.1. The third kappa shape index (κ3) is 5.51. The zero-order valence-electron chi connectivity index (χ0n) is 12.9. The Balaban J connectivity index is 3.07. The second-order valence-electron chi connectivity index (χ2n) is 5.86. The van der Waals surface area contributed by atoms with Gasteiger partial charge in [0, 0.05) is 12.0 Å². The lowest BCUT2D eigenvalue weighted by Gasteiger charge is -2.26. The van der Waals surface area contributed by atoms with Crippen molar-refractivity contribution in [2.45, 2.75) is 50.2 Å². The van der Waals surface area contributed by atoms with Crippen molar-refractivity contribution >= 4 is 16.0 Å². The summed E-state index contributed by atoms with van der Waals surface area (Å²) in [6.07, 6.45) is -4.75. The van der Waals surface area contributed by atoms with Crippen LogP contribution in [0.3, 0.4) is 0 Å². The van der Waals surface area contributed by atoms with Crippen LogP contribution in [-0.4, -0.2) is 25.0 Å². The number of hydrogen-bond acceptors (Lipinski definition) is 3. The van der Waals surface area contributed by atoms with Crippen molar-refractivity contribution in [3.63, 3.8) is 0 Å². The van der Waals surface area contributed by atoms with Crippen molar-refractivity contribution in [1.82, 2.24) is 4.72 Å². The minimum Gasteiger partial charge on any atom is -0.481 e. The van der Waals surface area contributed by atoms with E-state index in [2.05, 4.69) is 4.72 Å². The Morgan fingerprint density at radius 3 is 2.26 bits per heavy atom. The number of hydrogen-bond donors (Lipinski definition) is 2. The van der Waals surface area contributed by atoms with Gasteiger partial charge < -0.3 is 5.11 Å². The van der Waals surface area contributed by atoms with Crippen LogP contribution in [0.25, 0.3) is 0 Å². The molecule has 0 fully saturated rings. The summed E-state index contributed by atoms with van der Waals surface area (Å²) in [4.78, 5) is 10.3. The van der Waals surface area contributed by atoms with Crippen molar-refractivity contribution in [3.05, 3.63) is 29.3 Å². The Hall–Kier alpha value is -1.61. The summed E-state index contributed by atoms with van der Waals surface area (Å²) in [7, 11) is -4.07. The molecule has 2 N–H and O–H groups in total. The fourth-order valence-electron chi connectivity index (χ4n) is 2.02. The number of aryl methyl sites for hydroxylation is 1. The van der Waals surface area contributed by atoms with Crippen molar-refractivity contribution in [1.29, 1.82) is 0 Å². The quantitative estimate of drug-likeness (QED) is 0.824. The first-order valence-electron chi connectivity index (χ1n) is 6.68. The van der Waals surface area contributed by atoms with Crippen LogP contribution >= 0.6 is 0 Å². The molecule has 9 heteroatoms. The molecule has 0 radical (unpaired) electrons. The number of carbonyl (C=O) groups is 1. The number of halogens is 3. The second kappa shape index (κ2) is 6.48. The Kier molecular flexibility index (Phi) is 5.48. The highest BCUT2D eigenvalue weighted by Gasteiger charge is 2.33. The van der Waals surface area contributed by atoms with E-state index in [1.54, 1.807) is 0 Å². The van der Waals surface area contributed by atoms with E-state index in [1.807, 2.05) is 0 Å². The topological polar surface area (TPSA) is 83.5 Å². The zero-order valence-corrected chi connectivity index (χ0v) is 13.7. The van der Waals surface area contributed by atoms with E-state index in [0.717, 1.165) is 12.1 Å². The van der Waals surface area contributed by atoms with Gasteiger partial charge in [-0.1, -0.05) is 0 Å². The molecular weight excluding hydrogens is 335 g/mol. The number of aliphatic carboxylic acids is 1. The monoisotopic (exact) mass is 353 g/mol. The van der Waals surface area contributed by atoms with E-state index in [4.69, 9.17) is 5.11 Å². The summed E-state index contributed by atoms with van der Waals surface area (Å²) >= 11 is 0. The van der Waals surface area contributed by atoms with Gasteiger partial charge in [0.25, 0.3) is 0 Å². The van der Waals surface area contributed by atoms with E-state index in [-0.39, 0.29) is 23.3 Å². The standard InChI is InChI=1S/C14H18F3NO4S/c1-9-8-10(14(15,16)17)4-5-11(9)23(21,22)18-13(2,3)7-6-12(19)20/h4-5,8,18H,6-7H2,1-3H3,(H,19,20). The molecule has 5 nitrogen and oxygen atoms in total. The molecule has 0 unspecified atom stereocenters. The maximum Gasteiger partial charge on any atom is 0.416 e. The molecule has 0 bridgehead atoms. The number of sulfonamides is 1. The fraction of sp³-hybridized carbons (Fsp3) is 0.500. The van der Waals surface area contributed by atoms with Gasteiger partial charge in [0.1, 0.15) is 0 Å². The van der Waals surface area contributed by atoms with Crippen LogP contribution < -0.4 is 4.72 Å². The molecule has 0 saturated carbocycles. The highest BCUT2D eigenvalue weighted by Crippen LogP contribution is 2.31. The largest absolute Gasteiger partial charge is 0.481 e. The molecule has 0 aliphatic heterocycles. The lowest BCUT2D eigenvalue weighted by molar-refractivity contribution is -0.138. The van der Waals surface area contributed by atoms with Gasteiger partial charge in [-0.25, -0.2) is 13.1 Å². The first-order chi connectivity index (χ1) is 10.2. The lowest BCUT2D eigenvalue weighted by Crippen LogP contribution is -2.43. The fourth-order valence-corrected chi connectivity index (χ4v) is 3.69. The van der Waals surface area contributed by atoms with E-state index < -0.39 is 33.3 Å². The maximum atomic E-state index is 12.6.